The number of aryl methyl sites for hydroxylation is 2. The van der Waals surface area contributed by atoms with Crippen molar-refractivity contribution >= 4 is 28.0 Å². The molecule has 2 aromatic heterocycles. The standard InChI is InChI=1S/C28H35F3N4OS/c1-34-18-22-21(3-2-4-23(22)33-34)25(36)17-20-7-5-19(6-8-20)10-14-35-15-11-24-26(12-16-35)37-27(32-24)9-13-28(29,30)31/h2-4,18-20H,5-17H2,1H3. The van der Waals surface area contributed by atoms with Gasteiger partial charge in [-0.1, -0.05) is 25.0 Å². The molecule has 0 bridgehead atoms. The Balaban J connectivity index is 1.04. The molecule has 5 nitrogen and oxygen atoms in total. The van der Waals surface area contributed by atoms with Crippen molar-refractivity contribution in [1.82, 2.24) is 19.7 Å². The summed E-state index contributed by atoms with van der Waals surface area (Å²) in [5, 5.41) is 6.00. The summed E-state index contributed by atoms with van der Waals surface area (Å²) in [5.74, 6) is 1.40. The van der Waals surface area contributed by atoms with Gasteiger partial charge in [-0.05, 0) is 50.1 Å². The molecule has 0 atom stereocenters. The molecule has 5 rings (SSSR count). The molecule has 1 aromatic carbocycles. The second kappa shape index (κ2) is 11.2. The van der Waals surface area contributed by atoms with Crippen LogP contribution in [-0.2, 0) is 26.3 Å². The third-order valence-corrected chi connectivity index (χ3v) is 9.24. The highest BCUT2D eigenvalue weighted by molar-refractivity contribution is 7.11. The van der Waals surface area contributed by atoms with Gasteiger partial charge < -0.3 is 4.90 Å². The molecule has 3 aromatic rings. The highest BCUT2D eigenvalue weighted by Crippen LogP contribution is 2.34. The van der Waals surface area contributed by atoms with Crippen molar-refractivity contribution < 1.29 is 18.0 Å². The predicted molar refractivity (Wildman–Crippen MR) is 140 cm³/mol. The Hall–Kier alpha value is -2.26. The molecule has 0 amide bonds. The average molecular weight is 533 g/mol. The van der Waals surface area contributed by atoms with Gasteiger partial charge in [-0.25, -0.2) is 4.98 Å². The lowest BCUT2D eigenvalue weighted by Crippen LogP contribution is -2.30. The van der Waals surface area contributed by atoms with E-state index in [9.17, 15) is 18.0 Å². The summed E-state index contributed by atoms with van der Waals surface area (Å²) in [6.45, 7) is 2.95. The first kappa shape index (κ1) is 26.4. The van der Waals surface area contributed by atoms with Crippen LogP contribution < -0.4 is 0 Å². The normalized spacial score (nSPS) is 21.2. The van der Waals surface area contributed by atoms with Crippen molar-refractivity contribution in [2.24, 2.45) is 18.9 Å². The predicted octanol–water partition coefficient (Wildman–Crippen LogP) is 6.39. The Morgan fingerprint density at radius 3 is 2.65 bits per heavy atom. The van der Waals surface area contributed by atoms with Gasteiger partial charge in [-0.3, -0.25) is 9.48 Å². The molecule has 1 aliphatic heterocycles. The molecule has 3 heterocycles. The number of hydrogen-bond acceptors (Lipinski definition) is 5. The Bertz CT molecular complexity index is 1200. The molecule has 2 aliphatic rings. The van der Waals surface area contributed by atoms with E-state index in [0.717, 1.165) is 67.5 Å². The van der Waals surface area contributed by atoms with E-state index in [0.29, 0.717) is 23.3 Å². The number of carbonyl (C=O) groups excluding carboxylic acids is 1. The van der Waals surface area contributed by atoms with Crippen LogP contribution in [0.3, 0.4) is 0 Å². The largest absolute Gasteiger partial charge is 0.389 e. The van der Waals surface area contributed by atoms with Gasteiger partial charge >= 0.3 is 6.18 Å². The van der Waals surface area contributed by atoms with Gasteiger partial charge in [0.25, 0.3) is 0 Å². The van der Waals surface area contributed by atoms with Gasteiger partial charge in [0.2, 0.25) is 0 Å². The fourth-order valence-corrected chi connectivity index (χ4v) is 7.01. The number of benzene rings is 1. The van der Waals surface area contributed by atoms with Crippen LogP contribution in [0.2, 0.25) is 0 Å². The maximum atomic E-state index is 13.1. The number of fused-ring (bicyclic) bond motifs is 2. The van der Waals surface area contributed by atoms with Crippen LogP contribution in [0.5, 0.6) is 0 Å². The first-order valence-corrected chi connectivity index (χ1v) is 14.3. The van der Waals surface area contributed by atoms with E-state index in [1.807, 2.05) is 31.4 Å². The third-order valence-electron chi connectivity index (χ3n) is 8.02. The minimum Gasteiger partial charge on any atom is -0.303 e. The molecule has 9 heteroatoms. The SMILES string of the molecule is Cn1cc2c(C(=O)CC3CCC(CCN4CCc5nc(CCC(F)(F)F)sc5CC4)CC3)cccc2n1. The molecule has 0 saturated heterocycles. The van der Waals surface area contributed by atoms with Crippen LogP contribution in [-0.4, -0.2) is 51.3 Å². The molecule has 1 saturated carbocycles. The van der Waals surface area contributed by atoms with Crippen LogP contribution in [0.1, 0.15) is 70.9 Å². The molecule has 0 radical (unpaired) electrons. The minimum atomic E-state index is -4.12. The van der Waals surface area contributed by atoms with Crippen molar-refractivity contribution in [2.75, 3.05) is 19.6 Å². The van der Waals surface area contributed by atoms with Gasteiger partial charge in [0, 0.05) is 67.8 Å². The quantitative estimate of drug-likeness (QED) is 0.315. The number of Topliss-reactive ketones (excluding diaryl/α,β-unsaturated/α-hetero) is 1. The van der Waals surface area contributed by atoms with Crippen molar-refractivity contribution in [2.45, 2.75) is 70.4 Å². The second-order valence-electron chi connectivity index (χ2n) is 10.8. The van der Waals surface area contributed by atoms with Crippen LogP contribution in [0.15, 0.2) is 24.4 Å². The summed E-state index contributed by atoms with van der Waals surface area (Å²) in [5.41, 5.74) is 2.68. The number of halogens is 3. The van der Waals surface area contributed by atoms with Crippen molar-refractivity contribution in [1.29, 1.82) is 0 Å². The number of ketones is 1. The monoisotopic (exact) mass is 532 g/mol. The van der Waals surface area contributed by atoms with Crippen molar-refractivity contribution in [3.8, 4) is 0 Å². The van der Waals surface area contributed by atoms with Crippen LogP contribution in [0.4, 0.5) is 13.2 Å². The topological polar surface area (TPSA) is 51.0 Å². The zero-order valence-corrected chi connectivity index (χ0v) is 22.2. The molecule has 1 fully saturated rings. The van der Waals surface area contributed by atoms with Gasteiger partial charge in [-0.15, -0.1) is 11.3 Å². The second-order valence-corrected chi connectivity index (χ2v) is 11.9. The van der Waals surface area contributed by atoms with E-state index in [4.69, 9.17) is 0 Å². The van der Waals surface area contributed by atoms with E-state index in [1.54, 1.807) is 4.68 Å². The Labute approximate surface area is 220 Å². The van der Waals surface area contributed by atoms with E-state index >= 15 is 0 Å². The first-order chi connectivity index (χ1) is 17.7. The summed E-state index contributed by atoms with van der Waals surface area (Å²) < 4.78 is 39.4. The maximum Gasteiger partial charge on any atom is 0.389 e. The smallest absolute Gasteiger partial charge is 0.303 e. The lowest BCUT2D eigenvalue weighted by atomic mass is 9.78. The number of aromatic nitrogens is 3. The van der Waals surface area contributed by atoms with Crippen LogP contribution >= 0.6 is 11.3 Å². The zero-order chi connectivity index (χ0) is 26.0. The molecular formula is C28H35F3N4OS. The number of hydrogen-bond donors (Lipinski definition) is 0. The first-order valence-electron chi connectivity index (χ1n) is 13.5. The van der Waals surface area contributed by atoms with Crippen molar-refractivity contribution in [3.63, 3.8) is 0 Å². The van der Waals surface area contributed by atoms with E-state index in [1.165, 1.54) is 35.5 Å². The zero-order valence-electron chi connectivity index (χ0n) is 21.4. The summed E-state index contributed by atoms with van der Waals surface area (Å²) in [7, 11) is 1.88. The van der Waals surface area contributed by atoms with Crippen LogP contribution in [0, 0.1) is 11.8 Å². The average Bonchev–Trinajstić information content (AvgIpc) is 3.39. The highest BCUT2D eigenvalue weighted by Gasteiger charge is 2.28. The number of alkyl halides is 3. The molecule has 200 valence electrons. The Morgan fingerprint density at radius 1 is 1.11 bits per heavy atom. The fraction of sp³-hybridized carbons (Fsp3) is 0.607. The molecule has 1 aliphatic carbocycles. The van der Waals surface area contributed by atoms with E-state index in [-0.39, 0.29) is 12.2 Å². The summed E-state index contributed by atoms with van der Waals surface area (Å²) in [6, 6.07) is 5.80. The summed E-state index contributed by atoms with van der Waals surface area (Å²) in [6.07, 6.45) is 5.12. The molecular weight excluding hydrogens is 497 g/mol. The van der Waals surface area contributed by atoms with Gasteiger partial charge in [0.1, 0.15) is 0 Å². The summed E-state index contributed by atoms with van der Waals surface area (Å²) >= 11 is 1.47. The van der Waals surface area contributed by atoms with Gasteiger partial charge in [0.05, 0.1) is 16.2 Å². The van der Waals surface area contributed by atoms with E-state index < -0.39 is 12.6 Å². The Kier molecular flexibility index (Phi) is 8.00. The Morgan fingerprint density at radius 2 is 1.86 bits per heavy atom. The lowest BCUT2D eigenvalue weighted by molar-refractivity contribution is -0.134. The maximum absolute atomic E-state index is 13.1. The lowest BCUT2D eigenvalue weighted by Gasteiger charge is -2.30. The van der Waals surface area contributed by atoms with E-state index in [2.05, 4.69) is 15.0 Å². The van der Waals surface area contributed by atoms with Crippen molar-refractivity contribution in [3.05, 3.63) is 45.5 Å². The number of nitrogens with zero attached hydrogens (tertiary/aromatic N) is 4. The van der Waals surface area contributed by atoms with Gasteiger partial charge in [0.15, 0.2) is 5.78 Å². The number of carbonyl (C=O) groups is 1. The number of thiazole rings is 1. The molecule has 0 spiro atoms. The minimum absolute atomic E-state index is 0.00169. The van der Waals surface area contributed by atoms with Crippen LogP contribution in [0.25, 0.3) is 10.9 Å². The fourth-order valence-electron chi connectivity index (χ4n) is 5.91. The molecule has 37 heavy (non-hydrogen) atoms. The third kappa shape index (κ3) is 6.79. The number of rotatable bonds is 8. The highest BCUT2D eigenvalue weighted by atomic mass is 32.1. The molecule has 0 N–H and O–H groups in total. The van der Waals surface area contributed by atoms with Gasteiger partial charge in [-0.2, -0.15) is 18.3 Å². The molecule has 0 unspecified atom stereocenters. The summed E-state index contributed by atoms with van der Waals surface area (Å²) in [4.78, 5) is 21.3.